The molecule has 0 spiro atoms. The smallest absolute Gasteiger partial charge is 0.284 e. The molecule has 0 bridgehead atoms. The van der Waals surface area contributed by atoms with Crippen LogP contribution < -0.4 is 10.1 Å². The quantitative estimate of drug-likeness (QED) is 0.175. The Morgan fingerprint density at radius 2 is 1.38 bits per heavy atom. The average Bonchev–Trinajstić information content (AvgIpc) is 2.93. The number of phenols is 1. The van der Waals surface area contributed by atoms with Gasteiger partial charge in [0.05, 0.1) is 16.9 Å². The maximum atomic E-state index is 13.5. The van der Waals surface area contributed by atoms with Crippen LogP contribution in [0, 0.1) is 20.8 Å². The molecular formula is C29H28N2O6S2. The van der Waals surface area contributed by atoms with E-state index in [4.69, 9.17) is 4.74 Å². The van der Waals surface area contributed by atoms with Crippen molar-refractivity contribution in [3.8, 4) is 11.5 Å². The van der Waals surface area contributed by atoms with Gasteiger partial charge in [-0.05, 0) is 74.4 Å². The van der Waals surface area contributed by atoms with Gasteiger partial charge in [0.25, 0.3) is 10.0 Å². The SMILES string of the molecule is COc1ccc(S(=O)(=O)c2cc(NC(=NS(=O)(=O)c3ccc(C)cc3)c3ccccc3)c(C)c(C)c2O)cc1. The minimum Gasteiger partial charge on any atom is -0.506 e. The second-order valence-corrected chi connectivity index (χ2v) is 12.4. The summed E-state index contributed by atoms with van der Waals surface area (Å²) in [5, 5.41) is 13.9. The molecule has 0 aliphatic carbocycles. The molecule has 0 radical (unpaired) electrons. The number of ether oxygens (including phenoxy) is 1. The lowest BCUT2D eigenvalue weighted by Gasteiger charge is -2.18. The third-order valence-corrected chi connectivity index (χ3v) is 9.39. The van der Waals surface area contributed by atoms with Crippen LogP contribution in [0.3, 0.4) is 0 Å². The fourth-order valence-corrected chi connectivity index (χ4v) is 6.25. The maximum Gasteiger partial charge on any atom is 0.284 e. The topological polar surface area (TPSA) is 122 Å². The lowest BCUT2D eigenvalue weighted by Crippen LogP contribution is -2.18. The first-order valence-electron chi connectivity index (χ1n) is 11.9. The van der Waals surface area contributed by atoms with Gasteiger partial charge in [-0.2, -0.15) is 8.42 Å². The minimum atomic E-state index is -4.14. The van der Waals surface area contributed by atoms with Gasteiger partial charge >= 0.3 is 0 Å². The summed E-state index contributed by atoms with van der Waals surface area (Å²) in [4.78, 5) is -0.344. The highest BCUT2D eigenvalue weighted by atomic mass is 32.2. The standard InChI is InChI=1S/C29H28N2O6S2/c1-19-10-14-25(15-11-19)39(35,36)31-29(22-8-6-5-7-9-22)30-26-18-27(28(32)21(3)20(26)2)38(33,34)24-16-12-23(37-4)13-17-24/h5-18,32H,1-4H3,(H,30,31). The van der Waals surface area contributed by atoms with Crippen LogP contribution in [0.5, 0.6) is 11.5 Å². The van der Waals surface area contributed by atoms with Gasteiger partial charge in [-0.3, -0.25) is 0 Å². The van der Waals surface area contributed by atoms with Gasteiger partial charge < -0.3 is 15.2 Å². The summed E-state index contributed by atoms with van der Waals surface area (Å²) in [7, 11) is -6.79. The van der Waals surface area contributed by atoms with Crippen LogP contribution in [-0.4, -0.2) is 34.9 Å². The molecule has 0 amide bonds. The van der Waals surface area contributed by atoms with Crippen molar-refractivity contribution in [1.82, 2.24) is 0 Å². The zero-order valence-corrected chi connectivity index (χ0v) is 23.5. The van der Waals surface area contributed by atoms with Gasteiger partial charge in [-0.15, -0.1) is 4.40 Å². The van der Waals surface area contributed by atoms with E-state index < -0.39 is 19.9 Å². The Kier molecular flexibility index (Phi) is 7.80. The Hall–Kier alpha value is -4.15. The highest BCUT2D eigenvalue weighted by Crippen LogP contribution is 2.37. The number of anilines is 1. The van der Waals surface area contributed by atoms with Crippen molar-refractivity contribution in [1.29, 1.82) is 0 Å². The molecule has 0 fully saturated rings. The van der Waals surface area contributed by atoms with E-state index in [1.54, 1.807) is 56.3 Å². The van der Waals surface area contributed by atoms with Crippen LogP contribution in [0.15, 0.2) is 104 Å². The summed E-state index contributed by atoms with van der Waals surface area (Å²) < 4.78 is 62.7. The molecule has 0 heterocycles. The monoisotopic (exact) mass is 564 g/mol. The molecule has 2 N–H and O–H groups in total. The molecule has 0 atom stereocenters. The first kappa shape index (κ1) is 27.9. The second-order valence-electron chi connectivity index (χ2n) is 8.92. The Balaban J connectivity index is 1.85. The van der Waals surface area contributed by atoms with Crippen LogP contribution in [0.25, 0.3) is 0 Å². The number of sulfone groups is 1. The second kappa shape index (κ2) is 10.9. The zero-order chi connectivity index (χ0) is 28.4. The summed E-state index contributed by atoms with van der Waals surface area (Å²) in [5.41, 5.74) is 2.50. The Morgan fingerprint density at radius 3 is 1.97 bits per heavy atom. The van der Waals surface area contributed by atoms with Crippen LogP contribution in [-0.2, 0) is 19.9 Å². The highest BCUT2D eigenvalue weighted by molar-refractivity contribution is 7.91. The summed E-state index contributed by atoms with van der Waals surface area (Å²) in [5.74, 6) is 0.0932. The van der Waals surface area contributed by atoms with Gasteiger partial charge in [0.2, 0.25) is 9.84 Å². The molecule has 4 rings (SSSR count). The number of hydrogen-bond donors (Lipinski definition) is 2. The third kappa shape index (κ3) is 5.81. The van der Waals surface area contributed by atoms with Crippen LogP contribution in [0.2, 0.25) is 0 Å². The van der Waals surface area contributed by atoms with E-state index in [0.29, 0.717) is 22.4 Å². The van der Waals surface area contributed by atoms with Gasteiger partial charge in [0.15, 0.2) is 5.84 Å². The predicted molar refractivity (Wildman–Crippen MR) is 151 cm³/mol. The van der Waals surface area contributed by atoms with E-state index in [1.165, 1.54) is 49.6 Å². The first-order valence-corrected chi connectivity index (χ1v) is 14.8. The van der Waals surface area contributed by atoms with E-state index in [1.807, 2.05) is 6.92 Å². The Labute approximate surface area is 228 Å². The summed E-state index contributed by atoms with van der Waals surface area (Å²) in [6.45, 7) is 5.13. The number of rotatable bonds is 7. The lowest BCUT2D eigenvalue weighted by atomic mass is 10.1. The van der Waals surface area contributed by atoms with Crippen molar-refractivity contribution in [3.63, 3.8) is 0 Å². The number of amidine groups is 1. The molecule has 0 aliphatic rings. The van der Waals surface area contributed by atoms with Crippen molar-refractivity contribution in [2.45, 2.75) is 35.5 Å². The summed E-state index contributed by atoms with van der Waals surface area (Å²) in [6, 6.07) is 22.0. The zero-order valence-electron chi connectivity index (χ0n) is 21.8. The van der Waals surface area contributed by atoms with Crippen molar-refractivity contribution in [2.75, 3.05) is 12.4 Å². The van der Waals surface area contributed by atoms with E-state index in [-0.39, 0.29) is 32.0 Å². The third-order valence-electron chi connectivity index (χ3n) is 6.32. The molecule has 0 saturated heterocycles. The molecule has 0 aliphatic heterocycles. The average molecular weight is 565 g/mol. The van der Waals surface area contributed by atoms with E-state index in [0.717, 1.165) is 5.56 Å². The highest BCUT2D eigenvalue weighted by Gasteiger charge is 2.26. The van der Waals surface area contributed by atoms with Gasteiger partial charge in [0.1, 0.15) is 16.4 Å². The van der Waals surface area contributed by atoms with E-state index in [2.05, 4.69) is 9.71 Å². The number of nitrogens with one attached hydrogen (secondary N) is 1. The molecular weight excluding hydrogens is 536 g/mol. The minimum absolute atomic E-state index is 0.00263. The molecule has 10 heteroatoms. The molecule has 39 heavy (non-hydrogen) atoms. The molecule has 0 unspecified atom stereocenters. The molecule has 202 valence electrons. The lowest BCUT2D eigenvalue weighted by molar-refractivity contribution is 0.414. The van der Waals surface area contributed by atoms with Gasteiger partial charge in [-0.25, -0.2) is 8.42 Å². The summed E-state index contributed by atoms with van der Waals surface area (Å²) >= 11 is 0. The van der Waals surface area contributed by atoms with Gasteiger partial charge in [-0.1, -0.05) is 48.0 Å². The number of aryl methyl sites for hydroxylation is 1. The molecule has 4 aromatic carbocycles. The number of phenolic OH excluding ortho intramolecular Hbond substituents is 1. The van der Waals surface area contributed by atoms with E-state index >= 15 is 0 Å². The van der Waals surface area contributed by atoms with E-state index in [9.17, 15) is 21.9 Å². The van der Waals surface area contributed by atoms with Crippen LogP contribution in [0.1, 0.15) is 22.3 Å². The normalized spacial score (nSPS) is 12.3. The molecule has 0 saturated carbocycles. The fraction of sp³-hybridized carbons (Fsp3) is 0.138. The van der Waals surface area contributed by atoms with Crippen LogP contribution in [0.4, 0.5) is 5.69 Å². The predicted octanol–water partition coefficient (Wildman–Crippen LogP) is 5.41. The molecule has 0 aromatic heterocycles. The maximum absolute atomic E-state index is 13.5. The van der Waals surface area contributed by atoms with Gasteiger partial charge in [0, 0.05) is 11.3 Å². The number of methoxy groups -OCH3 is 1. The summed E-state index contributed by atoms with van der Waals surface area (Å²) in [6.07, 6.45) is 0. The number of aromatic hydroxyl groups is 1. The Morgan fingerprint density at radius 1 is 0.795 bits per heavy atom. The molecule has 4 aromatic rings. The number of nitrogens with zero attached hydrogens (tertiary/aromatic N) is 1. The van der Waals surface area contributed by atoms with Crippen LogP contribution >= 0.6 is 0 Å². The number of sulfonamides is 1. The van der Waals surface area contributed by atoms with Crippen molar-refractivity contribution < 1.29 is 26.7 Å². The van der Waals surface area contributed by atoms with Crippen molar-refractivity contribution in [2.24, 2.45) is 4.40 Å². The molecule has 8 nitrogen and oxygen atoms in total. The van der Waals surface area contributed by atoms with Crippen molar-refractivity contribution in [3.05, 3.63) is 107 Å². The Bertz CT molecular complexity index is 1750. The fourth-order valence-electron chi connectivity index (χ4n) is 3.84. The number of benzene rings is 4. The largest absolute Gasteiger partial charge is 0.506 e. The first-order chi connectivity index (χ1) is 18.4. The van der Waals surface area contributed by atoms with Crippen molar-refractivity contribution >= 4 is 31.4 Å². The number of hydrogen-bond acceptors (Lipinski definition) is 6.